The topological polar surface area (TPSA) is 49.8 Å². The molecule has 0 radical (unpaired) electrons. The number of aromatic amines is 1. The maximum atomic E-state index is 14.5. The average Bonchev–Trinajstić information content (AvgIpc) is 3.51. The monoisotopic (exact) mass is 435 g/mol. The highest BCUT2D eigenvalue weighted by Crippen LogP contribution is 2.66. The van der Waals surface area contributed by atoms with Crippen molar-refractivity contribution in [3.63, 3.8) is 0 Å². The van der Waals surface area contributed by atoms with Gasteiger partial charge < -0.3 is 14.9 Å². The lowest BCUT2D eigenvalue weighted by Crippen LogP contribution is -2.27. The molecule has 2 N–H and O–H groups in total. The molecule has 1 aromatic heterocycles. The summed E-state index contributed by atoms with van der Waals surface area (Å²) in [5, 5.41) is 3.01. The predicted molar refractivity (Wildman–Crippen MR) is 102 cm³/mol. The van der Waals surface area contributed by atoms with Gasteiger partial charge in [0.25, 0.3) is 0 Å². The minimum atomic E-state index is -0.217. The minimum absolute atomic E-state index is 0.0309. The zero-order valence-electron chi connectivity index (χ0n) is 14.1. The third-order valence-corrected chi connectivity index (χ3v) is 6.85. The molecule has 3 aliphatic rings. The van der Waals surface area contributed by atoms with E-state index in [1.807, 2.05) is 6.07 Å². The van der Waals surface area contributed by atoms with E-state index in [0.29, 0.717) is 23.7 Å². The molecular formula is C19H19BrFN3OS. The van der Waals surface area contributed by atoms with Crippen molar-refractivity contribution in [3.05, 3.63) is 50.2 Å². The summed E-state index contributed by atoms with van der Waals surface area (Å²) in [5.74, 6) is 0.752. The van der Waals surface area contributed by atoms with Gasteiger partial charge in [0.15, 0.2) is 4.77 Å². The lowest BCUT2D eigenvalue weighted by atomic mass is 9.93. The molecule has 2 aromatic rings. The molecule has 5 rings (SSSR count). The van der Waals surface area contributed by atoms with E-state index in [1.165, 1.54) is 18.9 Å². The second-order valence-electron chi connectivity index (χ2n) is 7.84. The van der Waals surface area contributed by atoms with Crippen molar-refractivity contribution in [2.45, 2.75) is 43.6 Å². The Hall–Kier alpha value is -1.47. The van der Waals surface area contributed by atoms with Crippen LogP contribution in [-0.2, 0) is 23.2 Å². The normalized spacial score (nSPS) is 25.7. The molecule has 2 fully saturated rings. The summed E-state index contributed by atoms with van der Waals surface area (Å²) in [6, 6.07) is 5.13. The standard InChI is InChI=1S/C19H19BrFN3OS/c20-11-3-4-14(21)12(5-11)19-7-13(19)17-15(23-18(26)24(17)9-19)6-16(25)22-8-10-1-2-10/h3-5,10,13H,1-2,6-9H2,(H,22,25)(H,23,26)/t13?,19-/m1/s1. The number of H-pyrrole nitrogens is 1. The van der Waals surface area contributed by atoms with Crippen LogP contribution < -0.4 is 5.32 Å². The van der Waals surface area contributed by atoms with Crippen LogP contribution in [0.4, 0.5) is 4.39 Å². The first-order chi connectivity index (χ1) is 12.5. The Morgan fingerprint density at radius 1 is 1.46 bits per heavy atom. The summed E-state index contributed by atoms with van der Waals surface area (Å²) >= 11 is 8.93. The van der Waals surface area contributed by atoms with E-state index in [-0.39, 0.29) is 23.1 Å². The van der Waals surface area contributed by atoms with E-state index in [9.17, 15) is 9.18 Å². The number of fused-ring (bicyclic) bond motifs is 3. The lowest BCUT2D eigenvalue weighted by molar-refractivity contribution is -0.120. The lowest BCUT2D eigenvalue weighted by Gasteiger charge is -2.14. The second-order valence-corrected chi connectivity index (χ2v) is 9.14. The van der Waals surface area contributed by atoms with Gasteiger partial charge in [0.1, 0.15) is 5.82 Å². The fourth-order valence-electron chi connectivity index (χ4n) is 4.41. The first-order valence-electron chi connectivity index (χ1n) is 9.02. The molecule has 2 saturated carbocycles. The summed E-state index contributed by atoms with van der Waals surface area (Å²) in [6.07, 6.45) is 3.65. The van der Waals surface area contributed by atoms with E-state index < -0.39 is 0 Å². The van der Waals surface area contributed by atoms with Crippen LogP contribution in [0.25, 0.3) is 0 Å². The highest BCUT2D eigenvalue weighted by molar-refractivity contribution is 9.10. The van der Waals surface area contributed by atoms with Crippen LogP contribution in [0.1, 0.15) is 42.1 Å². The summed E-state index contributed by atoms with van der Waals surface area (Å²) in [5.41, 5.74) is 2.52. The zero-order chi connectivity index (χ0) is 18.1. The Morgan fingerprint density at radius 3 is 3.04 bits per heavy atom. The molecule has 1 amide bonds. The van der Waals surface area contributed by atoms with E-state index in [2.05, 4.69) is 30.8 Å². The zero-order valence-corrected chi connectivity index (χ0v) is 16.6. The number of halogens is 2. The number of carbonyl (C=O) groups is 1. The Bertz CT molecular complexity index is 980. The van der Waals surface area contributed by atoms with Crippen molar-refractivity contribution in [2.75, 3.05) is 6.54 Å². The number of carbonyl (C=O) groups excluding carboxylic acids is 1. The molecule has 136 valence electrons. The van der Waals surface area contributed by atoms with Crippen molar-refractivity contribution < 1.29 is 9.18 Å². The van der Waals surface area contributed by atoms with Crippen molar-refractivity contribution in [3.8, 4) is 0 Å². The van der Waals surface area contributed by atoms with Gasteiger partial charge in [-0.25, -0.2) is 4.39 Å². The van der Waals surface area contributed by atoms with Gasteiger partial charge in [0.05, 0.1) is 6.42 Å². The van der Waals surface area contributed by atoms with Crippen molar-refractivity contribution >= 4 is 34.1 Å². The van der Waals surface area contributed by atoms with Crippen LogP contribution in [-0.4, -0.2) is 22.0 Å². The Labute approximate surface area is 164 Å². The Balaban J connectivity index is 1.42. The maximum Gasteiger partial charge on any atom is 0.226 e. The van der Waals surface area contributed by atoms with Crippen molar-refractivity contribution in [2.24, 2.45) is 5.92 Å². The van der Waals surface area contributed by atoms with Crippen LogP contribution in [0.3, 0.4) is 0 Å². The molecule has 2 heterocycles. The van der Waals surface area contributed by atoms with Gasteiger partial charge in [-0.3, -0.25) is 4.79 Å². The third kappa shape index (κ3) is 2.59. The third-order valence-electron chi connectivity index (χ3n) is 6.04. The van der Waals surface area contributed by atoms with Crippen LogP contribution in [0, 0.1) is 16.5 Å². The van der Waals surface area contributed by atoms with Gasteiger partial charge in [-0.05, 0) is 61.2 Å². The number of hydrogen-bond acceptors (Lipinski definition) is 2. The highest BCUT2D eigenvalue weighted by atomic mass is 79.9. The number of imidazole rings is 1. The molecule has 1 aromatic carbocycles. The van der Waals surface area contributed by atoms with Gasteiger partial charge in [-0.1, -0.05) is 15.9 Å². The summed E-state index contributed by atoms with van der Waals surface area (Å²) in [4.78, 5) is 15.5. The fourth-order valence-corrected chi connectivity index (χ4v) is 5.06. The number of nitrogens with one attached hydrogen (secondary N) is 2. The SMILES string of the molecule is O=C(Cc1[nH]c(=S)n2c1C1C[C@]1(c1cc(Br)ccc1F)C2)NCC1CC1. The molecule has 7 heteroatoms. The van der Waals surface area contributed by atoms with Gasteiger partial charge in [0, 0.05) is 40.3 Å². The second kappa shape index (κ2) is 5.76. The molecule has 1 unspecified atom stereocenters. The van der Waals surface area contributed by atoms with Crippen LogP contribution in [0.5, 0.6) is 0 Å². The maximum absolute atomic E-state index is 14.5. The van der Waals surface area contributed by atoms with Crippen LogP contribution in [0.2, 0.25) is 0 Å². The van der Waals surface area contributed by atoms with E-state index in [1.54, 1.807) is 6.07 Å². The van der Waals surface area contributed by atoms with Crippen LogP contribution >= 0.6 is 28.1 Å². The highest BCUT2D eigenvalue weighted by Gasteiger charge is 2.63. The molecule has 4 nitrogen and oxygen atoms in total. The quantitative estimate of drug-likeness (QED) is 0.698. The average molecular weight is 436 g/mol. The molecule has 0 spiro atoms. The van der Waals surface area contributed by atoms with Crippen molar-refractivity contribution in [1.29, 1.82) is 0 Å². The molecular weight excluding hydrogens is 417 g/mol. The number of benzene rings is 1. The molecule has 1 aliphatic heterocycles. The Kier molecular flexibility index (Phi) is 3.70. The smallest absolute Gasteiger partial charge is 0.226 e. The first-order valence-corrected chi connectivity index (χ1v) is 10.2. The number of rotatable bonds is 5. The summed E-state index contributed by atoms with van der Waals surface area (Å²) in [6.45, 7) is 1.45. The van der Waals surface area contributed by atoms with Gasteiger partial charge in [-0.15, -0.1) is 0 Å². The number of aromatic nitrogens is 2. The van der Waals surface area contributed by atoms with Gasteiger partial charge in [0.2, 0.25) is 5.91 Å². The van der Waals surface area contributed by atoms with Crippen molar-refractivity contribution in [1.82, 2.24) is 14.9 Å². The summed E-state index contributed by atoms with van der Waals surface area (Å²) < 4.78 is 18.1. The molecule has 0 saturated heterocycles. The van der Waals surface area contributed by atoms with E-state index >= 15 is 0 Å². The summed E-state index contributed by atoms with van der Waals surface area (Å²) in [7, 11) is 0. The molecule has 26 heavy (non-hydrogen) atoms. The van der Waals surface area contributed by atoms with Gasteiger partial charge in [-0.2, -0.15) is 0 Å². The van der Waals surface area contributed by atoms with E-state index in [0.717, 1.165) is 34.4 Å². The largest absolute Gasteiger partial charge is 0.355 e. The van der Waals surface area contributed by atoms with E-state index in [4.69, 9.17) is 12.2 Å². The number of nitrogens with zero attached hydrogens (tertiary/aromatic N) is 1. The van der Waals surface area contributed by atoms with Crippen LogP contribution in [0.15, 0.2) is 22.7 Å². The van der Waals surface area contributed by atoms with Gasteiger partial charge >= 0.3 is 0 Å². The Morgan fingerprint density at radius 2 is 2.27 bits per heavy atom. The first kappa shape index (κ1) is 16.7. The fraction of sp³-hybridized carbons (Fsp3) is 0.474. The number of hydrogen-bond donors (Lipinski definition) is 2. The molecule has 2 atom stereocenters. The predicted octanol–water partition coefficient (Wildman–Crippen LogP) is 3.95. The number of amides is 1. The molecule has 0 bridgehead atoms. The minimum Gasteiger partial charge on any atom is -0.355 e. The molecule has 2 aliphatic carbocycles.